The molecule has 1 aliphatic heterocycles. The van der Waals surface area contributed by atoms with E-state index in [1.165, 1.54) is 11.1 Å². The van der Waals surface area contributed by atoms with Crippen LogP contribution in [0.5, 0.6) is 0 Å². The molecule has 1 aliphatic rings. The fourth-order valence-corrected chi connectivity index (χ4v) is 2.25. The highest BCUT2D eigenvalue weighted by molar-refractivity contribution is 6.00. The second-order valence-corrected chi connectivity index (χ2v) is 4.75. The first kappa shape index (κ1) is 12.1. The molecule has 1 aromatic rings. The van der Waals surface area contributed by atoms with Crippen LogP contribution >= 0.6 is 0 Å². The molecule has 17 heavy (non-hydrogen) atoms. The van der Waals surface area contributed by atoms with Gasteiger partial charge >= 0.3 is 0 Å². The largest absolute Gasteiger partial charge is 0.368 e. The average Bonchev–Trinajstić information content (AvgIpc) is 2.33. The average molecular weight is 232 g/mol. The molecule has 0 atom stereocenters. The first-order valence-corrected chi connectivity index (χ1v) is 6.17. The Hall–Kier alpha value is -1.35. The zero-order valence-corrected chi connectivity index (χ0v) is 10.8. The maximum atomic E-state index is 11.7. The maximum absolute atomic E-state index is 11.7. The Labute approximate surface area is 103 Å². The lowest BCUT2D eigenvalue weighted by atomic mass is 10.0. The van der Waals surface area contributed by atoms with Crippen LogP contribution in [0.25, 0.3) is 0 Å². The zero-order valence-electron chi connectivity index (χ0n) is 10.8. The van der Waals surface area contributed by atoms with Crippen LogP contribution in [0.4, 0.5) is 5.69 Å². The summed E-state index contributed by atoms with van der Waals surface area (Å²) in [7, 11) is 0. The lowest BCUT2D eigenvalue weighted by Gasteiger charge is -2.31. The molecule has 0 bridgehead atoms. The summed E-state index contributed by atoms with van der Waals surface area (Å²) in [4.78, 5) is 14.0. The Morgan fingerprint density at radius 2 is 1.76 bits per heavy atom. The minimum Gasteiger partial charge on any atom is -0.368 e. The summed E-state index contributed by atoms with van der Waals surface area (Å²) in [5.41, 5.74) is 4.40. The summed E-state index contributed by atoms with van der Waals surface area (Å²) in [6.45, 7) is 9.74. The minimum absolute atomic E-state index is 0.154. The molecule has 0 unspecified atom stereocenters. The number of carbonyl (C=O) groups excluding carboxylic acids is 1. The number of piperazine rings is 1. The predicted molar refractivity (Wildman–Crippen MR) is 71.0 cm³/mol. The number of rotatable bonds is 2. The number of ketones is 1. The molecule has 1 fully saturated rings. The summed E-state index contributed by atoms with van der Waals surface area (Å²) < 4.78 is 0. The number of aryl methyl sites for hydroxylation is 2. The van der Waals surface area contributed by atoms with Crippen molar-refractivity contribution in [3.05, 3.63) is 28.8 Å². The zero-order chi connectivity index (χ0) is 12.4. The van der Waals surface area contributed by atoms with E-state index in [4.69, 9.17) is 0 Å². The molecule has 0 amide bonds. The molecule has 0 aliphatic carbocycles. The Balaban J connectivity index is 2.42. The molecule has 0 saturated carbocycles. The van der Waals surface area contributed by atoms with E-state index in [1.54, 1.807) is 6.92 Å². The predicted octanol–water partition coefficient (Wildman–Crippen LogP) is 1.92. The lowest BCUT2D eigenvalue weighted by molar-refractivity contribution is 0.101. The van der Waals surface area contributed by atoms with Crippen molar-refractivity contribution in [1.29, 1.82) is 0 Å². The van der Waals surface area contributed by atoms with Gasteiger partial charge in [-0.05, 0) is 44.0 Å². The topological polar surface area (TPSA) is 32.3 Å². The van der Waals surface area contributed by atoms with Crippen molar-refractivity contribution in [2.75, 3.05) is 31.1 Å². The molecule has 1 N–H and O–H groups in total. The summed E-state index contributed by atoms with van der Waals surface area (Å²) in [6.07, 6.45) is 0. The van der Waals surface area contributed by atoms with E-state index in [9.17, 15) is 4.79 Å². The third kappa shape index (κ3) is 2.50. The Bertz CT molecular complexity index is 434. The molecular weight excluding hydrogens is 212 g/mol. The van der Waals surface area contributed by atoms with E-state index < -0.39 is 0 Å². The highest BCUT2D eigenvalue weighted by Gasteiger charge is 2.17. The number of Topliss-reactive ketones (excluding diaryl/α,β-unsaturated/α-hetero) is 1. The van der Waals surface area contributed by atoms with Crippen LogP contribution in [-0.4, -0.2) is 32.0 Å². The number of nitrogens with zero attached hydrogens (tertiary/aromatic N) is 1. The van der Waals surface area contributed by atoms with E-state index >= 15 is 0 Å². The number of hydrogen-bond acceptors (Lipinski definition) is 3. The summed E-state index contributed by atoms with van der Waals surface area (Å²) in [5, 5.41) is 3.33. The number of carbonyl (C=O) groups is 1. The van der Waals surface area contributed by atoms with E-state index in [0.717, 1.165) is 37.4 Å². The summed E-state index contributed by atoms with van der Waals surface area (Å²) in [5.74, 6) is 0.154. The molecule has 92 valence electrons. The van der Waals surface area contributed by atoms with Crippen molar-refractivity contribution in [1.82, 2.24) is 5.32 Å². The number of hydrogen-bond donors (Lipinski definition) is 1. The van der Waals surface area contributed by atoms with Gasteiger partial charge in [0.05, 0.1) is 0 Å². The van der Waals surface area contributed by atoms with Gasteiger partial charge in [-0.25, -0.2) is 0 Å². The molecule has 2 rings (SSSR count). The minimum atomic E-state index is 0.154. The molecule has 0 spiro atoms. The van der Waals surface area contributed by atoms with Crippen molar-refractivity contribution in [3.8, 4) is 0 Å². The molecular formula is C14H20N2O. The fourth-order valence-electron chi connectivity index (χ4n) is 2.25. The molecule has 3 heteroatoms. The first-order chi connectivity index (χ1) is 8.09. The maximum Gasteiger partial charge on any atom is 0.161 e. The third-order valence-electron chi connectivity index (χ3n) is 3.45. The molecule has 1 heterocycles. The number of benzene rings is 1. The molecule has 0 aromatic heterocycles. The van der Waals surface area contributed by atoms with Crippen molar-refractivity contribution in [2.24, 2.45) is 0 Å². The van der Waals surface area contributed by atoms with Crippen molar-refractivity contribution < 1.29 is 4.79 Å². The van der Waals surface area contributed by atoms with E-state index in [-0.39, 0.29) is 5.78 Å². The molecule has 1 saturated heterocycles. The standard InChI is InChI=1S/C14H20N2O/c1-10-8-13(12(3)17)14(9-11(10)2)16-6-4-15-5-7-16/h8-9,15H,4-7H2,1-3H3. The highest BCUT2D eigenvalue weighted by atomic mass is 16.1. The number of anilines is 1. The van der Waals surface area contributed by atoms with Crippen LogP contribution in [0.15, 0.2) is 12.1 Å². The normalized spacial score (nSPS) is 16.1. The van der Waals surface area contributed by atoms with Crippen molar-refractivity contribution in [3.63, 3.8) is 0 Å². The van der Waals surface area contributed by atoms with Gasteiger partial charge in [0.25, 0.3) is 0 Å². The van der Waals surface area contributed by atoms with E-state index in [2.05, 4.69) is 30.1 Å². The van der Waals surface area contributed by atoms with Gasteiger partial charge in [0.2, 0.25) is 0 Å². The van der Waals surface area contributed by atoms with Crippen molar-refractivity contribution in [2.45, 2.75) is 20.8 Å². The van der Waals surface area contributed by atoms with Crippen LogP contribution in [0.1, 0.15) is 28.4 Å². The van der Waals surface area contributed by atoms with Gasteiger partial charge in [-0.2, -0.15) is 0 Å². The van der Waals surface area contributed by atoms with Crippen LogP contribution in [-0.2, 0) is 0 Å². The Morgan fingerprint density at radius 1 is 1.18 bits per heavy atom. The quantitative estimate of drug-likeness (QED) is 0.791. The van der Waals surface area contributed by atoms with E-state index in [1.807, 2.05) is 6.07 Å². The lowest BCUT2D eigenvalue weighted by Crippen LogP contribution is -2.44. The van der Waals surface area contributed by atoms with Gasteiger partial charge in [0.1, 0.15) is 0 Å². The summed E-state index contributed by atoms with van der Waals surface area (Å²) in [6, 6.07) is 4.17. The molecule has 1 aromatic carbocycles. The van der Waals surface area contributed by atoms with Crippen LogP contribution in [0, 0.1) is 13.8 Å². The molecule has 0 radical (unpaired) electrons. The van der Waals surface area contributed by atoms with Gasteiger partial charge < -0.3 is 10.2 Å². The Morgan fingerprint density at radius 3 is 2.35 bits per heavy atom. The van der Waals surface area contributed by atoms with Gasteiger partial charge in [0.15, 0.2) is 5.78 Å². The summed E-state index contributed by atoms with van der Waals surface area (Å²) >= 11 is 0. The molecule has 3 nitrogen and oxygen atoms in total. The second-order valence-electron chi connectivity index (χ2n) is 4.75. The Kier molecular flexibility index (Phi) is 3.48. The first-order valence-electron chi connectivity index (χ1n) is 6.17. The van der Waals surface area contributed by atoms with Crippen LogP contribution in [0.3, 0.4) is 0 Å². The van der Waals surface area contributed by atoms with Gasteiger partial charge in [-0.1, -0.05) is 0 Å². The number of nitrogens with one attached hydrogen (secondary N) is 1. The monoisotopic (exact) mass is 232 g/mol. The van der Waals surface area contributed by atoms with Gasteiger partial charge in [-0.3, -0.25) is 4.79 Å². The van der Waals surface area contributed by atoms with Crippen LogP contribution < -0.4 is 10.2 Å². The SMILES string of the molecule is CC(=O)c1cc(C)c(C)cc1N1CCNCC1. The van der Waals surface area contributed by atoms with Gasteiger partial charge in [0, 0.05) is 37.4 Å². The van der Waals surface area contributed by atoms with Crippen LogP contribution in [0.2, 0.25) is 0 Å². The third-order valence-corrected chi connectivity index (χ3v) is 3.45. The highest BCUT2D eigenvalue weighted by Crippen LogP contribution is 2.25. The van der Waals surface area contributed by atoms with Gasteiger partial charge in [-0.15, -0.1) is 0 Å². The fraction of sp³-hybridized carbons (Fsp3) is 0.500. The van der Waals surface area contributed by atoms with E-state index in [0.29, 0.717) is 0 Å². The second kappa shape index (κ2) is 4.88. The van der Waals surface area contributed by atoms with Crippen molar-refractivity contribution >= 4 is 11.5 Å². The smallest absolute Gasteiger partial charge is 0.161 e.